The zero-order valence-corrected chi connectivity index (χ0v) is 13.8. The highest BCUT2D eigenvalue weighted by molar-refractivity contribution is 6.33. The average Bonchev–Trinajstić information content (AvgIpc) is 2.41. The highest BCUT2D eigenvalue weighted by Crippen LogP contribution is 2.27. The van der Waals surface area contributed by atoms with Gasteiger partial charge in [0, 0.05) is 12.6 Å². The lowest BCUT2D eigenvalue weighted by Gasteiger charge is -2.25. The zero-order valence-electron chi connectivity index (χ0n) is 13.1. The SMILES string of the molecule is CCCCCC(C)Nc1c(Cl)cnn(CC2CCC2)c1=O. The van der Waals surface area contributed by atoms with Gasteiger partial charge in [-0.3, -0.25) is 4.79 Å². The van der Waals surface area contributed by atoms with Crippen molar-refractivity contribution in [2.45, 2.75) is 71.4 Å². The minimum atomic E-state index is -0.0864. The predicted octanol–water partition coefficient (Wildman–Crippen LogP) is 4.08. The Morgan fingerprint density at radius 3 is 2.86 bits per heavy atom. The first-order valence-electron chi connectivity index (χ1n) is 8.14. The molecular weight excluding hydrogens is 286 g/mol. The number of aromatic nitrogens is 2. The number of nitrogens with one attached hydrogen (secondary N) is 1. The molecule has 1 aromatic heterocycles. The Labute approximate surface area is 131 Å². The second kappa shape index (κ2) is 7.83. The van der Waals surface area contributed by atoms with E-state index in [1.807, 2.05) is 0 Å². The third-order valence-corrected chi connectivity index (χ3v) is 4.57. The number of nitrogens with zero attached hydrogens (tertiary/aromatic N) is 2. The first-order chi connectivity index (χ1) is 10.1. The van der Waals surface area contributed by atoms with Crippen LogP contribution in [-0.2, 0) is 6.54 Å². The molecule has 1 fully saturated rings. The minimum Gasteiger partial charge on any atom is -0.377 e. The summed E-state index contributed by atoms with van der Waals surface area (Å²) >= 11 is 6.15. The van der Waals surface area contributed by atoms with E-state index in [1.54, 1.807) is 10.9 Å². The monoisotopic (exact) mass is 311 g/mol. The standard InChI is InChI=1S/C16H26ClN3O/c1-3-4-5-7-12(2)19-15-14(17)10-18-20(16(15)21)11-13-8-6-9-13/h10,12-13,19H,3-9,11H2,1-2H3. The van der Waals surface area contributed by atoms with Crippen molar-refractivity contribution in [1.29, 1.82) is 0 Å². The van der Waals surface area contributed by atoms with Crippen molar-refractivity contribution < 1.29 is 0 Å². The van der Waals surface area contributed by atoms with Crippen LogP contribution in [0.1, 0.15) is 58.8 Å². The third kappa shape index (κ3) is 4.47. The van der Waals surface area contributed by atoms with Gasteiger partial charge in [-0.1, -0.05) is 44.2 Å². The maximum absolute atomic E-state index is 12.5. The molecule has 2 rings (SSSR count). The summed E-state index contributed by atoms with van der Waals surface area (Å²) < 4.78 is 1.57. The van der Waals surface area contributed by atoms with Crippen LogP contribution in [-0.4, -0.2) is 15.8 Å². The molecule has 0 amide bonds. The Kier molecular flexibility index (Phi) is 6.09. The number of hydrogen-bond donors (Lipinski definition) is 1. The number of halogens is 1. The number of rotatable bonds is 8. The Hall–Kier alpha value is -1.03. The summed E-state index contributed by atoms with van der Waals surface area (Å²) in [6.07, 6.45) is 9.91. The molecule has 1 heterocycles. The van der Waals surface area contributed by atoms with Crippen LogP contribution in [0, 0.1) is 5.92 Å². The van der Waals surface area contributed by atoms with Crippen molar-refractivity contribution in [1.82, 2.24) is 9.78 Å². The second-order valence-electron chi connectivity index (χ2n) is 6.19. The first kappa shape index (κ1) is 16.3. The number of hydrogen-bond acceptors (Lipinski definition) is 3. The zero-order chi connectivity index (χ0) is 15.2. The van der Waals surface area contributed by atoms with Gasteiger partial charge in [-0.25, -0.2) is 4.68 Å². The molecule has 1 aliphatic carbocycles. The van der Waals surface area contributed by atoms with Crippen LogP contribution in [0.5, 0.6) is 0 Å². The Morgan fingerprint density at radius 1 is 1.48 bits per heavy atom. The van der Waals surface area contributed by atoms with E-state index in [-0.39, 0.29) is 11.6 Å². The minimum absolute atomic E-state index is 0.0864. The summed E-state index contributed by atoms with van der Waals surface area (Å²) in [5.74, 6) is 0.603. The summed E-state index contributed by atoms with van der Waals surface area (Å²) in [5, 5.41) is 7.88. The van der Waals surface area contributed by atoms with Gasteiger partial charge < -0.3 is 5.32 Å². The third-order valence-electron chi connectivity index (χ3n) is 4.28. The number of unbranched alkanes of at least 4 members (excludes halogenated alkanes) is 2. The van der Waals surface area contributed by atoms with E-state index in [9.17, 15) is 4.79 Å². The van der Waals surface area contributed by atoms with E-state index in [4.69, 9.17) is 11.6 Å². The smallest absolute Gasteiger partial charge is 0.291 e. The van der Waals surface area contributed by atoms with Crippen LogP contribution in [0.15, 0.2) is 11.0 Å². The van der Waals surface area contributed by atoms with Gasteiger partial charge in [0.25, 0.3) is 5.56 Å². The lowest BCUT2D eigenvalue weighted by atomic mass is 9.85. The van der Waals surface area contributed by atoms with E-state index in [0.29, 0.717) is 16.6 Å². The fourth-order valence-electron chi connectivity index (χ4n) is 2.67. The van der Waals surface area contributed by atoms with Gasteiger partial charge in [-0.15, -0.1) is 0 Å². The Morgan fingerprint density at radius 2 is 2.24 bits per heavy atom. The lowest BCUT2D eigenvalue weighted by molar-refractivity contribution is 0.262. The van der Waals surface area contributed by atoms with Crippen LogP contribution >= 0.6 is 11.6 Å². The summed E-state index contributed by atoms with van der Waals surface area (Å²) in [7, 11) is 0. The highest BCUT2D eigenvalue weighted by atomic mass is 35.5. The van der Waals surface area contributed by atoms with Gasteiger partial charge in [0.15, 0.2) is 0 Å². The molecule has 0 radical (unpaired) electrons. The molecule has 118 valence electrons. The van der Waals surface area contributed by atoms with Crippen LogP contribution in [0.4, 0.5) is 5.69 Å². The molecular formula is C16H26ClN3O. The second-order valence-corrected chi connectivity index (χ2v) is 6.60. The Balaban J connectivity index is 2.03. The van der Waals surface area contributed by atoms with E-state index in [2.05, 4.69) is 24.3 Å². The van der Waals surface area contributed by atoms with Crippen molar-refractivity contribution in [2.75, 3.05) is 5.32 Å². The molecule has 0 bridgehead atoms. The van der Waals surface area contributed by atoms with Crippen molar-refractivity contribution >= 4 is 17.3 Å². The summed E-state index contributed by atoms with van der Waals surface area (Å²) in [5.41, 5.74) is 0.423. The van der Waals surface area contributed by atoms with E-state index < -0.39 is 0 Å². The van der Waals surface area contributed by atoms with Crippen molar-refractivity contribution in [3.8, 4) is 0 Å². The van der Waals surface area contributed by atoms with Crippen LogP contribution < -0.4 is 10.9 Å². The topological polar surface area (TPSA) is 46.9 Å². The molecule has 5 heteroatoms. The van der Waals surface area contributed by atoms with E-state index in [1.165, 1.54) is 38.5 Å². The fourth-order valence-corrected chi connectivity index (χ4v) is 2.85. The molecule has 0 spiro atoms. The van der Waals surface area contributed by atoms with Crippen LogP contribution in [0.25, 0.3) is 0 Å². The maximum atomic E-state index is 12.5. The Bertz CT molecular complexity index is 511. The summed E-state index contributed by atoms with van der Waals surface area (Å²) in [4.78, 5) is 12.5. The summed E-state index contributed by atoms with van der Waals surface area (Å²) in [6.45, 7) is 5.01. The van der Waals surface area contributed by atoms with Gasteiger partial charge in [-0.05, 0) is 32.1 Å². The molecule has 1 saturated carbocycles. The maximum Gasteiger partial charge on any atom is 0.291 e. The van der Waals surface area contributed by atoms with Gasteiger partial charge in [-0.2, -0.15) is 5.10 Å². The molecule has 21 heavy (non-hydrogen) atoms. The molecule has 4 nitrogen and oxygen atoms in total. The molecule has 0 aliphatic heterocycles. The lowest BCUT2D eigenvalue weighted by Crippen LogP contribution is -2.32. The van der Waals surface area contributed by atoms with Crippen molar-refractivity contribution in [2.24, 2.45) is 5.92 Å². The van der Waals surface area contributed by atoms with E-state index in [0.717, 1.165) is 13.0 Å². The van der Waals surface area contributed by atoms with Crippen molar-refractivity contribution in [3.05, 3.63) is 21.6 Å². The highest BCUT2D eigenvalue weighted by Gasteiger charge is 2.20. The fraction of sp³-hybridized carbons (Fsp3) is 0.750. The molecule has 0 aromatic carbocycles. The molecule has 1 aliphatic rings. The predicted molar refractivity (Wildman–Crippen MR) is 88.1 cm³/mol. The molecule has 1 aromatic rings. The number of anilines is 1. The molecule has 1 N–H and O–H groups in total. The van der Waals surface area contributed by atoms with Crippen LogP contribution in [0.3, 0.4) is 0 Å². The first-order valence-corrected chi connectivity index (χ1v) is 8.51. The van der Waals surface area contributed by atoms with E-state index >= 15 is 0 Å². The summed E-state index contributed by atoms with van der Waals surface area (Å²) in [6, 6.07) is 0.251. The van der Waals surface area contributed by atoms with Crippen LogP contribution in [0.2, 0.25) is 5.02 Å². The quantitative estimate of drug-likeness (QED) is 0.736. The average molecular weight is 312 g/mol. The normalized spacial score (nSPS) is 16.5. The molecule has 0 saturated heterocycles. The largest absolute Gasteiger partial charge is 0.377 e. The van der Waals surface area contributed by atoms with Gasteiger partial charge in [0.1, 0.15) is 5.69 Å². The molecule has 1 atom stereocenters. The van der Waals surface area contributed by atoms with Gasteiger partial charge >= 0.3 is 0 Å². The van der Waals surface area contributed by atoms with Crippen molar-refractivity contribution in [3.63, 3.8) is 0 Å². The molecule has 1 unspecified atom stereocenters. The van der Waals surface area contributed by atoms with Gasteiger partial charge in [0.05, 0.1) is 11.2 Å². The van der Waals surface area contributed by atoms with Gasteiger partial charge in [0.2, 0.25) is 0 Å².